The maximum Gasteiger partial charge on any atom is 0.336 e. The third kappa shape index (κ3) is 4.27. The molecule has 0 aliphatic heterocycles. The van der Waals surface area contributed by atoms with Crippen molar-refractivity contribution >= 4 is 23.1 Å². The minimum Gasteiger partial charge on any atom is -0.507 e. The highest BCUT2D eigenvalue weighted by Crippen LogP contribution is 2.29. The molecule has 0 aromatic heterocycles. The number of anilines is 2. The Morgan fingerprint density at radius 1 is 0.750 bits per heavy atom. The highest BCUT2D eigenvalue weighted by atomic mass is 16.4. The molecule has 2 rings (SSSR count). The summed E-state index contributed by atoms with van der Waals surface area (Å²) >= 11 is 0. The van der Waals surface area contributed by atoms with Crippen LogP contribution in [0.3, 0.4) is 0 Å². The van der Waals surface area contributed by atoms with E-state index in [4.69, 9.17) is 0 Å². The first-order chi connectivity index (χ1) is 13.4. The highest BCUT2D eigenvalue weighted by molar-refractivity contribution is 6.15. The number of aromatic carboxylic acids is 1. The highest BCUT2D eigenvalue weighted by Gasteiger charge is 2.22. The fraction of sp³-hybridized carbons (Fsp3) is 0.364. The van der Waals surface area contributed by atoms with Gasteiger partial charge in [0.05, 0.1) is 11.1 Å². The first kappa shape index (κ1) is 21.3. The van der Waals surface area contributed by atoms with Gasteiger partial charge in [0.15, 0.2) is 5.78 Å². The van der Waals surface area contributed by atoms with Gasteiger partial charge in [-0.2, -0.15) is 0 Å². The molecule has 2 aromatic rings. The molecule has 0 amide bonds. The van der Waals surface area contributed by atoms with Crippen LogP contribution in [0.5, 0.6) is 5.75 Å². The topological polar surface area (TPSA) is 81.1 Å². The normalized spacial score (nSPS) is 10.6. The Labute approximate surface area is 166 Å². The van der Waals surface area contributed by atoms with E-state index in [1.54, 1.807) is 24.3 Å². The number of phenols is 1. The number of hydrogen-bond donors (Lipinski definition) is 2. The van der Waals surface area contributed by atoms with E-state index < -0.39 is 11.8 Å². The van der Waals surface area contributed by atoms with E-state index in [1.165, 1.54) is 12.1 Å². The Bertz CT molecular complexity index is 856. The van der Waals surface area contributed by atoms with E-state index in [-0.39, 0.29) is 22.4 Å². The maximum absolute atomic E-state index is 13.0. The van der Waals surface area contributed by atoms with E-state index in [2.05, 4.69) is 4.90 Å². The fourth-order valence-electron chi connectivity index (χ4n) is 3.34. The third-order valence-electron chi connectivity index (χ3n) is 4.96. The van der Waals surface area contributed by atoms with Crippen molar-refractivity contribution in [3.05, 3.63) is 53.1 Å². The van der Waals surface area contributed by atoms with E-state index in [0.29, 0.717) is 0 Å². The summed E-state index contributed by atoms with van der Waals surface area (Å²) in [7, 11) is 0. The Kier molecular flexibility index (Phi) is 7.04. The molecule has 0 heterocycles. The minimum absolute atomic E-state index is 0.0642. The molecule has 150 valence electrons. The average molecular weight is 384 g/mol. The van der Waals surface area contributed by atoms with Gasteiger partial charge in [-0.3, -0.25) is 4.79 Å². The second-order valence-corrected chi connectivity index (χ2v) is 6.41. The molecule has 0 aliphatic carbocycles. The van der Waals surface area contributed by atoms with Gasteiger partial charge in [0, 0.05) is 49.2 Å². The number of hydrogen-bond acceptors (Lipinski definition) is 5. The second kappa shape index (κ2) is 9.26. The number of rotatable bonds is 9. The zero-order chi connectivity index (χ0) is 20.8. The summed E-state index contributed by atoms with van der Waals surface area (Å²) in [5.41, 5.74) is 1.65. The number of carbonyl (C=O) groups is 2. The lowest BCUT2D eigenvalue weighted by Gasteiger charge is -2.22. The van der Waals surface area contributed by atoms with E-state index in [9.17, 15) is 19.8 Å². The van der Waals surface area contributed by atoms with Crippen molar-refractivity contribution in [2.75, 3.05) is 36.0 Å². The molecule has 0 atom stereocenters. The zero-order valence-electron chi connectivity index (χ0n) is 16.9. The van der Waals surface area contributed by atoms with Crippen molar-refractivity contribution in [3.63, 3.8) is 0 Å². The number of ketones is 1. The minimum atomic E-state index is -1.17. The van der Waals surface area contributed by atoms with Gasteiger partial charge in [0.2, 0.25) is 0 Å². The van der Waals surface area contributed by atoms with E-state index >= 15 is 0 Å². The monoisotopic (exact) mass is 384 g/mol. The van der Waals surface area contributed by atoms with Gasteiger partial charge < -0.3 is 20.0 Å². The van der Waals surface area contributed by atoms with Gasteiger partial charge in [-0.1, -0.05) is 0 Å². The number of nitrogens with zero attached hydrogens (tertiary/aromatic N) is 2. The molecule has 0 saturated carbocycles. The Morgan fingerprint density at radius 2 is 1.21 bits per heavy atom. The number of benzene rings is 2. The lowest BCUT2D eigenvalue weighted by atomic mass is 9.96. The summed E-state index contributed by atoms with van der Waals surface area (Å²) in [6, 6.07) is 9.65. The van der Waals surface area contributed by atoms with Crippen LogP contribution in [0.25, 0.3) is 0 Å². The van der Waals surface area contributed by atoms with Crippen LogP contribution in [0, 0.1) is 0 Å². The second-order valence-electron chi connectivity index (χ2n) is 6.41. The molecule has 0 radical (unpaired) electrons. The van der Waals surface area contributed by atoms with Crippen molar-refractivity contribution in [2.45, 2.75) is 27.7 Å². The van der Waals surface area contributed by atoms with Crippen LogP contribution in [0.2, 0.25) is 0 Å². The van der Waals surface area contributed by atoms with Crippen LogP contribution in [0.15, 0.2) is 36.4 Å². The lowest BCUT2D eigenvalue weighted by molar-refractivity contribution is 0.0692. The van der Waals surface area contributed by atoms with Crippen LogP contribution >= 0.6 is 0 Å². The summed E-state index contributed by atoms with van der Waals surface area (Å²) in [6.45, 7) is 11.0. The molecule has 0 fully saturated rings. The predicted molar refractivity (Wildman–Crippen MR) is 112 cm³/mol. The van der Waals surface area contributed by atoms with E-state index in [1.807, 2.05) is 32.6 Å². The van der Waals surface area contributed by atoms with Gasteiger partial charge in [-0.15, -0.1) is 0 Å². The number of aromatic hydroxyl groups is 1. The molecule has 0 aliphatic rings. The smallest absolute Gasteiger partial charge is 0.336 e. The summed E-state index contributed by atoms with van der Waals surface area (Å²) < 4.78 is 0. The van der Waals surface area contributed by atoms with E-state index in [0.717, 1.165) is 37.6 Å². The number of carboxylic acids is 1. The SMILES string of the molecule is CCN(CC)c1ccc(C(=O)c2ccc(N(CC)CC)cc2C(=O)O)c(O)c1. The maximum atomic E-state index is 13.0. The van der Waals surface area contributed by atoms with Crippen molar-refractivity contribution in [3.8, 4) is 5.75 Å². The van der Waals surface area contributed by atoms with Gasteiger partial charge in [-0.25, -0.2) is 4.79 Å². The largest absolute Gasteiger partial charge is 0.507 e. The van der Waals surface area contributed by atoms with Crippen molar-refractivity contribution in [1.82, 2.24) is 0 Å². The third-order valence-corrected chi connectivity index (χ3v) is 4.96. The standard InChI is InChI=1S/C22H28N2O4/c1-5-23(6-2)15-9-11-17(19(13-15)22(27)28)21(26)18-12-10-16(14-20(18)25)24(7-3)8-4/h9-14,25H,5-8H2,1-4H3,(H,27,28). The zero-order valence-corrected chi connectivity index (χ0v) is 16.9. The molecule has 2 N–H and O–H groups in total. The average Bonchev–Trinajstić information content (AvgIpc) is 2.69. The van der Waals surface area contributed by atoms with Crippen molar-refractivity contribution < 1.29 is 19.8 Å². The molecule has 0 spiro atoms. The van der Waals surface area contributed by atoms with Crippen LogP contribution in [0.1, 0.15) is 54.0 Å². The van der Waals surface area contributed by atoms with Crippen LogP contribution < -0.4 is 9.80 Å². The lowest BCUT2D eigenvalue weighted by Crippen LogP contribution is -2.23. The molecule has 6 heteroatoms. The Balaban J connectivity index is 2.47. The molecule has 0 bridgehead atoms. The number of phenolic OH excluding ortho intramolecular Hbond substituents is 1. The quantitative estimate of drug-likeness (QED) is 0.636. The summed E-state index contributed by atoms with van der Waals surface area (Å²) in [6.07, 6.45) is 0. The molecule has 6 nitrogen and oxygen atoms in total. The fourth-order valence-corrected chi connectivity index (χ4v) is 3.34. The Hall–Kier alpha value is -3.02. The van der Waals surface area contributed by atoms with Gasteiger partial charge >= 0.3 is 5.97 Å². The molecule has 28 heavy (non-hydrogen) atoms. The van der Waals surface area contributed by atoms with Crippen LogP contribution in [-0.4, -0.2) is 48.1 Å². The summed E-state index contributed by atoms with van der Waals surface area (Å²) in [4.78, 5) is 28.8. The number of carboxylic acid groups (broad SMARTS) is 1. The first-order valence-electron chi connectivity index (χ1n) is 9.62. The van der Waals surface area contributed by atoms with Crippen molar-refractivity contribution in [2.24, 2.45) is 0 Å². The first-order valence-corrected chi connectivity index (χ1v) is 9.62. The van der Waals surface area contributed by atoms with Gasteiger partial charge in [-0.05, 0) is 58.0 Å². The Morgan fingerprint density at radius 3 is 1.64 bits per heavy atom. The number of carbonyl (C=O) groups excluding carboxylic acids is 1. The predicted octanol–water partition coefficient (Wildman–Crippen LogP) is 4.01. The van der Waals surface area contributed by atoms with Gasteiger partial charge in [0.1, 0.15) is 5.75 Å². The summed E-state index contributed by atoms with van der Waals surface area (Å²) in [5, 5.41) is 20.0. The molecular formula is C22H28N2O4. The molecule has 2 aromatic carbocycles. The van der Waals surface area contributed by atoms with Gasteiger partial charge in [0.25, 0.3) is 0 Å². The van der Waals surface area contributed by atoms with Crippen LogP contribution in [-0.2, 0) is 0 Å². The molecule has 0 unspecified atom stereocenters. The molecule has 0 saturated heterocycles. The van der Waals surface area contributed by atoms with Crippen molar-refractivity contribution in [1.29, 1.82) is 0 Å². The molecular weight excluding hydrogens is 356 g/mol. The van der Waals surface area contributed by atoms with Crippen LogP contribution in [0.4, 0.5) is 11.4 Å². The summed E-state index contributed by atoms with van der Waals surface area (Å²) in [5.74, 6) is -1.83.